The van der Waals surface area contributed by atoms with Crippen LogP contribution >= 0.6 is 18.9 Å². The summed E-state index contributed by atoms with van der Waals surface area (Å²) in [5.41, 5.74) is 1.59. The van der Waals surface area contributed by atoms with E-state index in [2.05, 4.69) is 5.09 Å². The van der Waals surface area contributed by atoms with Crippen molar-refractivity contribution in [2.24, 2.45) is 0 Å². The Morgan fingerprint density at radius 2 is 2.00 bits per heavy atom. The summed E-state index contributed by atoms with van der Waals surface area (Å²) in [5, 5.41) is 15.6. The Hall–Kier alpha value is -1.46. The Morgan fingerprint density at radius 3 is 2.59 bits per heavy atom. The van der Waals surface area contributed by atoms with E-state index in [0.717, 1.165) is 5.56 Å². The monoisotopic (exact) mass is 339 g/mol. The van der Waals surface area contributed by atoms with Crippen LogP contribution in [0.5, 0.6) is 0 Å². The molecule has 0 saturated carbocycles. The molecular formula is C15H18NO4PS. The summed E-state index contributed by atoms with van der Waals surface area (Å²) in [4.78, 5) is 21.4. The molecule has 22 heavy (non-hydrogen) atoms. The van der Waals surface area contributed by atoms with Gasteiger partial charge in [0.2, 0.25) is 0 Å². The SMILES string of the molecule is O=C(O)C(NP(=O)(O)CCCc1ccsc1)c1ccccc1. The Labute approximate surface area is 133 Å². The third kappa shape index (κ3) is 5.07. The minimum Gasteiger partial charge on any atom is -0.480 e. The lowest BCUT2D eigenvalue weighted by molar-refractivity contribution is -0.139. The number of aryl methyl sites for hydroxylation is 1. The van der Waals surface area contributed by atoms with Crippen molar-refractivity contribution in [3.8, 4) is 0 Å². The molecule has 5 nitrogen and oxygen atoms in total. The molecule has 2 rings (SSSR count). The first-order valence-electron chi connectivity index (χ1n) is 6.86. The summed E-state index contributed by atoms with van der Waals surface area (Å²) in [6.07, 6.45) is 1.27. The van der Waals surface area contributed by atoms with Gasteiger partial charge in [0.1, 0.15) is 6.04 Å². The number of rotatable bonds is 8. The van der Waals surface area contributed by atoms with Gasteiger partial charge in [-0.25, -0.2) is 5.09 Å². The minimum atomic E-state index is -3.71. The quantitative estimate of drug-likeness (QED) is 0.643. The van der Waals surface area contributed by atoms with E-state index < -0.39 is 19.5 Å². The van der Waals surface area contributed by atoms with E-state index in [1.54, 1.807) is 41.7 Å². The fourth-order valence-corrected chi connectivity index (χ4v) is 4.20. The zero-order chi connectivity index (χ0) is 16.0. The van der Waals surface area contributed by atoms with Gasteiger partial charge in [-0.2, -0.15) is 11.3 Å². The molecule has 2 atom stereocenters. The molecule has 0 saturated heterocycles. The van der Waals surface area contributed by atoms with Crippen LogP contribution in [0.25, 0.3) is 0 Å². The predicted molar refractivity (Wildman–Crippen MR) is 87.3 cm³/mol. The smallest absolute Gasteiger partial charge is 0.325 e. The molecule has 0 aliphatic carbocycles. The van der Waals surface area contributed by atoms with Crippen LogP contribution < -0.4 is 5.09 Å². The van der Waals surface area contributed by atoms with Gasteiger partial charge in [0.15, 0.2) is 0 Å². The molecule has 0 fully saturated rings. The van der Waals surface area contributed by atoms with Crippen molar-refractivity contribution in [3.63, 3.8) is 0 Å². The van der Waals surface area contributed by atoms with Crippen LogP contribution in [0.4, 0.5) is 0 Å². The predicted octanol–water partition coefficient (Wildman–Crippen LogP) is 3.28. The first-order valence-corrected chi connectivity index (χ1v) is 9.65. The second-order valence-electron chi connectivity index (χ2n) is 4.97. The van der Waals surface area contributed by atoms with Gasteiger partial charge in [-0.15, -0.1) is 0 Å². The average Bonchev–Trinajstić information content (AvgIpc) is 2.98. The largest absolute Gasteiger partial charge is 0.480 e. The summed E-state index contributed by atoms with van der Waals surface area (Å²) >= 11 is 1.58. The topological polar surface area (TPSA) is 86.6 Å². The standard InChI is InChI=1S/C15H18NO4PS/c17-15(18)14(13-6-2-1-3-7-13)16-21(19,20)9-4-5-12-8-10-22-11-12/h1-3,6-8,10-11,14H,4-5,9H2,(H,17,18)(H2,16,19,20). The summed E-state index contributed by atoms with van der Waals surface area (Å²) in [6, 6.07) is 9.20. The highest BCUT2D eigenvalue weighted by Crippen LogP contribution is 2.40. The number of hydrogen-bond donors (Lipinski definition) is 3. The summed E-state index contributed by atoms with van der Waals surface area (Å²) < 4.78 is 12.2. The molecule has 3 N–H and O–H groups in total. The van der Waals surface area contributed by atoms with Crippen LogP contribution in [0.15, 0.2) is 47.2 Å². The average molecular weight is 339 g/mol. The molecule has 1 heterocycles. The van der Waals surface area contributed by atoms with E-state index in [9.17, 15) is 19.4 Å². The van der Waals surface area contributed by atoms with Gasteiger partial charge < -0.3 is 10.00 Å². The van der Waals surface area contributed by atoms with Crippen LogP contribution in [0.3, 0.4) is 0 Å². The zero-order valence-corrected chi connectivity index (χ0v) is 13.6. The van der Waals surface area contributed by atoms with E-state index in [1.165, 1.54) is 0 Å². The molecule has 118 valence electrons. The van der Waals surface area contributed by atoms with Gasteiger partial charge >= 0.3 is 5.97 Å². The number of benzene rings is 1. The second kappa shape index (κ2) is 7.70. The minimum absolute atomic E-state index is 0.0411. The number of carbonyl (C=O) groups is 1. The molecular weight excluding hydrogens is 321 g/mol. The molecule has 1 aromatic heterocycles. The van der Waals surface area contributed by atoms with Crippen molar-refractivity contribution in [2.45, 2.75) is 18.9 Å². The summed E-state index contributed by atoms with van der Waals surface area (Å²) in [7, 11) is -3.71. The normalized spacial score (nSPS) is 15.1. The van der Waals surface area contributed by atoms with Crippen molar-refractivity contribution < 1.29 is 19.4 Å². The maximum absolute atomic E-state index is 12.2. The molecule has 2 unspecified atom stereocenters. The van der Waals surface area contributed by atoms with Crippen LogP contribution in [0.2, 0.25) is 0 Å². The van der Waals surface area contributed by atoms with E-state index in [0.29, 0.717) is 18.4 Å². The molecule has 0 amide bonds. The zero-order valence-electron chi connectivity index (χ0n) is 11.9. The molecule has 0 spiro atoms. The number of aliphatic carboxylic acids is 1. The van der Waals surface area contributed by atoms with Crippen molar-refractivity contribution in [1.82, 2.24) is 5.09 Å². The highest BCUT2D eigenvalue weighted by molar-refractivity contribution is 7.55. The molecule has 2 aromatic rings. The van der Waals surface area contributed by atoms with Crippen molar-refractivity contribution in [1.29, 1.82) is 0 Å². The van der Waals surface area contributed by atoms with Crippen molar-refractivity contribution in [3.05, 3.63) is 58.3 Å². The van der Waals surface area contributed by atoms with E-state index >= 15 is 0 Å². The molecule has 0 radical (unpaired) electrons. The Bertz CT molecular complexity index is 645. The Kier molecular flexibility index (Phi) is 5.91. The second-order valence-corrected chi connectivity index (χ2v) is 7.86. The van der Waals surface area contributed by atoms with Crippen molar-refractivity contribution in [2.75, 3.05) is 6.16 Å². The third-order valence-corrected chi connectivity index (χ3v) is 5.53. The van der Waals surface area contributed by atoms with Crippen LogP contribution in [0, 0.1) is 0 Å². The lowest BCUT2D eigenvalue weighted by Gasteiger charge is -2.19. The third-order valence-electron chi connectivity index (χ3n) is 3.22. The number of carboxylic acid groups (broad SMARTS) is 1. The van der Waals surface area contributed by atoms with Gasteiger partial charge in [-0.3, -0.25) is 9.36 Å². The highest BCUT2D eigenvalue weighted by atomic mass is 32.1. The fraction of sp³-hybridized carbons (Fsp3) is 0.267. The first-order chi connectivity index (χ1) is 10.5. The molecule has 1 aromatic carbocycles. The van der Waals surface area contributed by atoms with E-state index in [4.69, 9.17) is 0 Å². The Morgan fingerprint density at radius 1 is 1.27 bits per heavy atom. The van der Waals surface area contributed by atoms with Crippen LogP contribution in [-0.2, 0) is 15.8 Å². The molecule has 0 aliphatic rings. The number of nitrogens with one attached hydrogen (secondary N) is 1. The van der Waals surface area contributed by atoms with Gasteiger partial charge in [0, 0.05) is 6.16 Å². The maximum Gasteiger partial charge on any atom is 0.325 e. The Balaban J connectivity index is 1.96. The van der Waals surface area contributed by atoms with Crippen LogP contribution in [-0.4, -0.2) is 22.1 Å². The van der Waals surface area contributed by atoms with Gasteiger partial charge in [0.05, 0.1) is 0 Å². The lowest BCUT2D eigenvalue weighted by atomic mass is 10.1. The maximum atomic E-state index is 12.2. The van der Waals surface area contributed by atoms with E-state index in [-0.39, 0.29) is 6.16 Å². The number of carboxylic acids is 1. The molecule has 7 heteroatoms. The highest BCUT2D eigenvalue weighted by Gasteiger charge is 2.28. The fourth-order valence-electron chi connectivity index (χ4n) is 2.12. The first kappa shape index (κ1) is 16.9. The summed E-state index contributed by atoms with van der Waals surface area (Å²) in [6.45, 7) is 0. The van der Waals surface area contributed by atoms with Crippen LogP contribution in [0.1, 0.15) is 23.6 Å². The van der Waals surface area contributed by atoms with E-state index in [1.807, 2.05) is 16.8 Å². The van der Waals surface area contributed by atoms with Crippen molar-refractivity contribution >= 4 is 24.8 Å². The molecule has 0 bridgehead atoms. The van der Waals surface area contributed by atoms with Gasteiger partial charge in [0.25, 0.3) is 7.52 Å². The molecule has 0 aliphatic heterocycles. The number of hydrogen-bond acceptors (Lipinski definition) is 3. The summed E-state index contributed by atoms with van der Waals surface area (Å²) in [5.74, 6) is -1.17. The van der Waals surface area contributed by atoms with Gasteiger partial charge in [-0.1, -0.05) is 30.3 Å². The lowest BCUT2D eigenvalue weighted by Crippen LogP contribution is -2.27. The number of thiophene rings is 1. The van der Waals surface area contributed by atoms with Gasteiger partial charge in [-0.05, 0) is 40.8 Å².